The SMILES string of the molecule is Cc1ccccc1CN1CCC(c2nnc(Cn3ccnc3C)n2C)CC1. The number of imidazole rings is 1. The Morgan fingerprint density at radius 3 is 2.52 bits per heavy atom. The molecule has 1 aliphatic heterocycles. The van der Waals surface area contributed by atoms with Crippen LogP contribution in [0, 0.1) is 13.8 Å². The van der Waals surface area contributed by atoms with E-state index in [4.69, 9.17) is 0 Å². The first-order valence-corrected chi connectivity index (χ1v) is 9.74. The van der Waals surface area contributed by atoms with E-state index >= 15 is 0 Å². The molecule has 1 saturated heterocycles. The quantitative estimate of drug-likeness (QED) is 0.698. The Bertz CT molecular complexity index is 901. The van der Waals surface area contributed by atoms with Crippen molar-refractivity contribution >= 4 is 0 Å². The summed E-state index contributed by atoms with van der Waals surface area (Å²) in [5.41, 5.74) is 2.82. The first kappa shape index (κ1) is 17.9. The highest BCUT2D eigenvalue weighted by Gasteiger charge is 2.25. The molecule has 0 aliphatic carbocycles. The molecule has 0 atom stereocenters. The van der Waals surface area contributed by atoms with Crippen LogP contribution >= 0.6 is 0 Å². The fraction of sp³-hybridized carbons (Fsp3) is 0.476. The summed E-state index contributed by atoms with van der Waals surface area (Å²) in [5, 5.41) is 8.99. The standard InChI is InChI=1S/C21H28N6/c1-16-6-4-5-7-19(16)14-26-11-8-18(9-12-26)21-24-23-20(25(21)3)15-27-13-10-22-17(27)2/h4-7,10,13,18H,8-9,11-12,14-15H2,1-3H3. The Labute approximate surface area is 160 Å². The van der Waals surface area contributed by atoms with Crippen molar-refractivity contribution < 1.29 is 0 Å². The lowest BCUT2D eigenvalue weighted by Gasteiger charge is -2.31. The molecule has 1 fully saturated rings. The molecule has 1 aliphatic rings. The Morgan fingerprint density at radius 2 is 1.81 bits per heavy atom. The summed E-state index contributed by atoms with van der Waals surface area (Å²) in [7, 11) is 2.09. The van der Waals surface area contributed by atoms with E-state index in [2.05, 4.69) is 67.5 Å². The van der Waals surface area contributed by atoms with Crippen molar-refractivity contribution in [3.8, 4) is 0 Å². The molecule has 4 rings (SSSR count). The summed E-state index contributed by atoms with van der Waals surface area (Å²) in [4.78, 5) is 6.85. The van der Waals surface area contributed by atoms with Crippen molar-refractivity contribution in [3.05, 3.63) is 65.3 Å². The van der Waals surface area contributed by atoms with Gasteiger partial charge in [0.05, 0.1) is 6.54 Å². The smallest absolute Gasteiger partial charge is 0.152 e. The Hall–Kier alpha value is -2.47. The lowest BCUT2D eigenvalue weighted by Crippen LogP contribution is -2.33. The molecule has 0 unspecified atom stereocenters. The van der Waals surface area contributed by atoms with Crippen LogP contribution in [0.15, 0.2) is 36.7 Å². The zero-order valence-electron chi connectivity index (χ0n) is 16.5. The first-order chi connectivity index (χ1) is 13.1. The maximum absolute atomic E-state index is 4.53. The van der Waals surface area contributed by atoms with Gasteiger partial charge in [-0.05, 0) is 50.9 Å². The van der Waals surface area contributed by atoms with Crippen molar-refractivity contribution in [3.63, 3.8) is 0 Å². The van der Waals surface area contributed by atoms with E-state index in [-0.39, 0.29) is 0 Å². The zero-order valence-corrected chi connectivity index (χ0v) is 16.5. The van der Waals surface area contributed by atoms with Crippen LogP contribution in [0.25, 0.3) is 0 Å². The largest absolute Gasteiger partial charge is 0.328 e. The molecule has 0 radical (unpaired) electrons. The molecule has 142 valence electrons. The van der Waals surface area contributed by atoms with Crippen LogP contribution in [0.1, 0.15) is 47.4 Å². The van der Waals surface area contributed by atoms with Crippen molar-refractivity contribution in [2.45, 2.75) is 45.7 Å². The number of hydrogen-bond acceptors (Lipinski definition) is 4. The third-order valence-electron chi connectivity index (χ3n) is 5.84. The molecular formula is C21H28N6. The van der Waals surface area contributed by atoms with Gasteiger partial charge in [-0.3, -0.25) is 4.90 Å². The molecule has 27 heavy (non-hydrogen) atoms. The Balaban J connectivity index is 1.38. The monoisotopic (exact) mass is 364 g/mol. The zero-order chi connectivity index (χ0) is 18.8. The number of aromatic nitrogens is 5. The van der Waals surface area contributed by atoms with Crippen molar-refractivity contribution in [1.29, 1.82) is 0 Å². The summed E-state index contributed by atoms with van der Waals surface area (Å²) in [6, 6.07) is 8.69. The normalized spacial score (nSPS) is 16.1. The van der Waals surface area contributed by atoms with Crippen LogP contribution in [0.3, 0.4) is 0 Å². The Morgan fingerprint density at radius 1 is 1.04 bits per heavy atom. The summed E-state index contributed by atoms with van der Waals surface area (Å²) < 4.78 is 4.29. The van der Waals surface area contributed by atoms with Gasteiger partial charge in [0.15, 0.2) is 5.82 Å². The second kappa shape index (κ2) is 7.64. The fourth-order valence-electron chi connectivity index (χ4n) is 3.97. The summed E-state index contributed by atoms with van der Waals surface area (Å²) in [6.07, 6.45) is 6.11. The van der Waals surface area contributed by atoms with Gasteiger partial charge >= 0.3 is 0 Å². The van der Waals surface area contributed by atoms with Gasteiger partial charge in [-0.25, -0.2) is 4.98 Å². The highest BCUT2D eigenvalue weighted by Crippen LogP contribution is 2.28. The van der Waals surface area contributed by atoms with Gasteiger partial charge in [0.25, 0.3) is 0 Å². The van der Waals surface area contributed by atoms with Gasteiger partial charge in [-0.15, -0.1) is 10.2 Å². The minimum Gasteiger partial charge on any atom is -0.328 e. The van der Waals surface area contributed by atoms with Crippen LogP contribution in [0.2, 0.25) is 0 Å². The van der Waals surface area contributed by atoms with Crippen LogP contribution in [-0.4, -0.2) is 42.3 Å². The number of piperidine rings is 1. The number of hydrogen-bond donors (Lipinski definition) is 0. The van der Waals surface area contributed by atoms with E-state index in [1.807, 2.05) is 19.3 Å². The molecule has 0 bridgehead atoms. The molecule has 6 nitrogen and oxygen atoms in total. The fourth-order valence-corrected chi connectivity index (χ4v) is 3.97. The highest BCUT2D eigenvalue weighted by atomic mass is 15.3. The average molecular weight is 364 g/mol. The van der Waals surface area contributed by atoms with Gasteiger partial charge in [-0.1, -0.05) is 24.3 Å². The van der Waals surface area contributed by atoms with Crippen LogP contribution in [0.4, 0.5) is 0 Å². The number of likely N-dealkylation sites (tertiary alicyclic amines) is 1. The van der Waals surface area contributed by atoms with E-state index in [1.54, 1.807) is 0 Å². The van der Waals surface area contributed by atoms with Crippen LogP contribution < -0.4 is 0 Å². The second-order valence-corrected chi connectivity index (χ2v) is 7.61. The molecule has 0 amide bonds. The molecule has 0 spiro atoms. The summed E-state index contributed by atoms with van der Waals surface area (Å²) in [5.74, 6) is 3.61. The topological polar surface area (TPSA) is 51.8 Å². The summed E-state index contributed by atoms with van der Waals surface area (Å²) >= 11 is 0. The van der Waals surface area contributed by atoms with E-state index in [0.717, 1.165) is 56.5 Å². The lowest BCUT2D eigenvalue weighted by molar-refractivity contribution is 0.200. The third kappa shape index (κ3) is 3.81. The van der Waals surface area contributed by atoms with Crippen molar-refractivity contribution in [2.75, 3.05) is 13.1 Å². The molecule has 3 heterocycles. The number of nitrogens with zero attached hydrogens (tertiary/aromatic N) is 6. The van der Waals surface area contributed by atoms with Gasteiger partial charge < -0.3 is 9.13 Å². The molecular weight excluding hydrogens is 336 g/mol. The van der Waals surface area contributed by atoms with Gasteiger partial charge in [0, 0.05) is 31.9 Å². The van der Waals surface area contributed by atoms with Gasteiger partial charge in [0.1, 0.15) is 11.6 Å². The molecule has 0 N–H and O–H groups in total. The predicted octanol–water partition coefficient (Wildman–Crippen LogP) is 3.06. The molecule has 0 saturated carbocycles. The van der Waals surface area contributed by atoms with E-state index in [1.165, 1.54) is 11.1 Å². The van der Waals surface area contributed by atoms with Crippen LogP contribution in [0.5, 0.6) is 0 Å². The summed E-state index contributed by atoms with van der Waals surface area (Å²) in [6.45, 7) is 8.21. The van der Waals surface area contributed by atoms with Gasteiger partial charge in [-0.2, -0.15) is 0 Å². The number of aryl methyl sites for hydroxylation is 2. The van der Waals surface area contributed by atoms with E-state index in [0.29, 0.717) is 5.92 Å². The predicted molar refractivity (Wildman–Crippen MR) is 106 cm³/mol. The van der Waals surface area contributed by atoms with E-state index in [9.17, 15) is 0 Å². The van der Waals surface area contributed by atoms with Crippen molar-refractivity contribution in [2.24, 2.45) is 7.05 Å². The van der Waals surface area contributed by atoms with Crippen LogP contribution in [-0.2, 0) is 20.1 Å². The molecule has 2 aromatic heterocycles. The maximum Gasteiger partial charge on any atom is 0.152 e. The van der Waals surface area contributed by atoms with Gasteiger partial charge in [0.2, 0.25) is 0 Å². The lowest BCUT2D eigenvalue weighted by atomic mass is 9.95. The minimum absolute atomic E-state index is 0.494. The molecule has 1 aromatic carbocycles. The number of rotatable bonds is 5. The number of benzene rings is 1. The third-order valence-corrected chi connectivity index (χ3v) is 5.84. The highest BCUT2D eigenvalue weighted by molar-refractivity contribution is 5.25. The minimum atomic E-state index is 0.494. The molecule has 3 aromatic rings. The maximum atomic E-state index is 4.53. The van der Waals surface area contributed by atoms with E-state index < -0.39 is 0 Å². The molecule has 6 heteroatoms. The second-order valence-electron chi connectivity index (χ2n) is 7.61. The van der Waals surface area contributed by atoms with Crippen molar-refractivity contribution in [1.82, 2.24) is 29.2 Å². The first-order valence-electron chi connectivity index (χ1n) is 9.74. The average Bonchev–Trinajstić information content (AvgIpc) is 3.24. The Kier molecular flexibility index (Phi) is 5.07.